The zero-order chi connectivity index (χ0) is 23.6. The first kappa shape index (κ1) is 25.2. The maximum absolute atomic E-state index is 12.6. The predicted octanol–water partition coefficient (Wildman–Crippen LogP) is 4.17. The van der Waals surface area contributed by atoms with Gasteiger partial charge in [-0.25, -0.2) is 0 Å². The van der Waals surface area contributed by atoms with E-state index in [0.29, 0.717) is 35.2 Å². The van der Waals surface area contributed by atoms with Crippen LogP contribution in [0, 0.1) is 5.92 Å². The maximum Gasteiger partial charge on any atom is 0.255 e. The van der Waals surface area contributed by atoms with Gasteiger partial charge in [-0.1, -0.05) is 41.9 Å². The smallest absolute Gasteiger partial charge is 0.255 e. The number of nitrogens with two attached hydrogens (primary N) is 1. The van der Waals surface area contributed by atoms with Gasteiger partial charge in [-0.2, -0.15) is 0 Å². The van der Waals surface area contributed by atoms with Crippen LogP contribution in [0.1, 0.15) is 52.8 Å². The second-order valence-electron chi connectivity index (χ2n) is 8.74. The molecule has 33 heavy (non-hydrogen) atoms. The number of rotatable bonds is 11. The first-order chi connectivity index (χ1) is 16.0. The lowest BCUT2D eigenvalue weighted by Crippen LogP contribution is -2.39. The Morgan fingerprint density at radius 3 is 2.61 bits per heavy atom. The molecule has 2 aromatic carbocycles. The van der Waals surface area contributed by atoms with Crippen molar-refractivity contribution in [3.63, 3.8) is 0 Å². The van der Waals surface area contributed by atoms with E-state index in [2.05, 4.69) is 10.2 Å². The van der Waals surface area contributed by atoms with Crippen molar-refractivity contribution in [1.29, 1.82) is 0 Å². The van der Waals surface area contributed by atoms with Crippen molar-refractivity contribution in [3.05, 3.63) is 64.7 Å². The van der Waals surface area contributed by atoms with Gasteiger partial charge in [0.25, 0.3) is 5.91 Å². The molecule has 1 heterocycles. The summed E-state index contributed by atoms with van der Waals surface area (Å²) in [6.07, 6.45) is 4.31. The van der Waals surface area contributed by atoms with Gasteiger partial charge in [0.05, 0.1) is 12.7 Å². The number of nitrogens with one attached hydrogen (secondary N) is 1. The number of Topliss-reactive ketones (excluding diaryl/α,β-unsaturated/α-hetero) is 1. The van der Waals surface area contributed by atoms with Gasteiger partial charge in [-0.3, -0.25) is 9.59 Å². The van der Waals surface area contributed by atoms with Gasteiger partial charge in [-0.15, -0.1) is 0 Å². The molecule has 178 valence electrons. The van der Waals surface area contributed by atoms with E-state index in [9.17, 15) is 9.59 Å². The monoisotopic (exact) mass is 471 g/mol. The molecule has 0 saturated carbocycles. The molecule has 1 unspecified atom stereocenters. The highest BCUT2D eigenvalue weighted by Gasteiger charge is 2.21. The summed E-state index contributed by atoms with van der Waals surface area (Å²) < 4.78 is 5.27. The number of piperidine rings is 1. The van der Waals surface area contributed by atoms with Gasteiger partial charge in [-0.05, 0) is 69.4 Å². The summed E-state index contributed by atoms with van der Waals surface area (Å²) in [5.41, 5.74) is 7.39. The van der Waals surface area contributed by atoms with Crippen molar-refractivity contribution in [1.82, 2.24) is 10.2 Å². The second kappa shape index (κ2) is 12.7. The van der Waals surface area contributed by atoms with E-state index < -0.39 is 0 Å². The Morgan fingerprint density at radius 2 is 1.91 bits per heavy atom. The lowest BCUT2D eigenvalue weighted by molar-refractivity contribution is 0.0932. The largest absolute Gasteiger partial charge is 0.496 e. The zero-order valence-electron chi connectivity index (χ0n) is 19.3. The van der Waals surface area contributed by atoms with Gasteiger partial charge in [0.1, 0.15) is 5.75 Å². The first-order valence-electron chi connectivity index (χ1n) is 11.6. The molecule has 2 aromatic rings. The van der Waals surface area contributed by atoms with Crippen molar-refractivity contribution >= 4 is 23.3 Å². The SMILES string of the molecule is COc1ccc(Cl)cc1C(=O)NCC1CCN(CCCC(N)CC(=O)c2ccccc2)CC1. The number of carbonyl (C=O) groups is 2. The summed E-state index contributed by atoms with van der Waals surface area (Å²) in [6, 6.07) is 14.3. The van der Waals surface area contributed by atoms with Crippen LogP contribution in [0.25, 0.3) is 0 Å². The molecule has 0 aromatic heterocycles. The molecule has 3 N–H and O–H groups in total. The minimum Gasteiger partial charge on any atom is -0.496 e. The number of amides is 1. The highest BCUT2D eigenvalue weighted by molar-refractivity contribution is 6.31. The summed E-state index contributed by atoms with van der Waals surface area (Å²) in [4.78, 5) is 27.3. The van der Waals surface area contributed by atoms with Crippen molar-refractivity contribution in [2.45, 2.75) is 38.1 Å². The van der Waals surface area contributed by atoms with Crippen molar-refractivity contribution in [2.75, 3.05) is 33.3 Å². The van der Waals surface area contributed by atoms with Crippen LogP contribution in [0.4, 0.5) is 0 Å². The third-order valence-corrected chi connectivity index (χ3v) is 6.49. The number of nitrogens with zero attached hydrogens (tertiary/aromatic N) is 1. The first-order valence-corrected chi connectivity index (χ1v) is 12.0. The summed E-state index contributed by atoms with van der Waals surface area (Å²) >= 11 is 6.03. The number of benzene rings is 2. The zero-order valence-corrected chi connectivity index (χ0v) is 20.0. The summed E-state index contributed by atoms with van der Waals surface area (Å²) in [5.74, 6) is 0.939. The Bertz CT molecular complexity index is 914. The van der Waals surface area contributed by atoms with Gasteiger partial charge in [0.15, 0.2) is 5.78 Å². The summed E-state index contributed by atoms with van der Waals surface area (Å²) in [5, 5.41) is 3.54. The molecule has 0 radical (unpaired) electrons. The van der Waals surface area contributed by atoms with Gasteiger partial charge in [0, 0.05) is 29.6 Å². The van der Waals surface area contributed by atoms with E-state index in [1.54, 1.807) is 25.3 Å². The van der Waals surface area contributed by atoms with E-state index in [-0.39, 0.29) is 17.7 Å². The van der Waals surface area contributed by atoms with Gasteiger partial charge in [0.2, 0.25) is 0 Å². The quantitative estimate of drug-likeness (QED) is 0.480. The van der Waals surface area contributed by atoms with Gasteiger partial charge >= 0.3 is 0 Å². The summed E-state index contributed by atoms with van der Waals surface area (Å²) in [6.45, 7) is 3.67. The number of carbonyl (C=O) groups excluding carboxylic acids is 2. The molecule has 1 aliphatic heterocycles. The fourth-order valence-corrected chi connectivity index (χ4v) is 4.44. The Morgan fingerprint density at radius 1 is 1.18 bits per heavy atom. The van der Waals surface area contributed by atoms with Crippen LogP contribution >= 0.6 is 11.6 Å². The molecule has 1 saturated heterocycles. The number of likely N-dealkylation sites (tertiary alicyclic amines) is 1. The average Bonchev–Trinajstić information content (AvgIpc) is 2.83. The molecule has 1 amide bonds. The van der Waals surface area contributed by atoms with Crippen molar-refractivity contribution in [3.8, 4) is 5.75 Å². The number of ketones is 1. The van der Waals surface area contributed by atoms with Crippen LogP contribution in [0.5, 0.6) is 5.75 Å². The van der Waals surface area contributed by atoms with E-state index >= 15 is 0 Å². The minimum absolute atomic E-state index is 0.103. The van der Waals surface area contributed by atoms with Crippen LogP contribution in [0.2, 0.25) is 5.02 Å². The Labute approximate surface area is 201 Å². The van der Waals surface area contributed by atoms with Crippen LogP contribution in [0.3, 0.4) is 0 Å². The molecule has 7 heteroatoms. The van der Waals surface area contributed by atoms with E-state index in [4.69, 9.17) is 22.1 Å². The predicted molar refractivity (Wildman–Crippen MR) is 132 cm³/mol. The van der Waals surface area contributed by atoms with Crippen LogP contribution in [-0.4, -0.2) is 55.9 Å². The number of methoxy groups -OCH3 is 1. The normalized spacial score (nSPS) is 15.7. The molecule has 0 spiro atoms. The third kappa shape index (κ3) is 7.84. The molecular weight excluding hydrogens is 438 g/mol. The average molecular weight is 472 g/mol. The topological polar surface area (TPSA) is 84.7 Å². The van der Waals surface area contributed by atoms with E-state index in [1.807, 2.05) is 30.3 Å². The lowest BCUT2D eigenvalue weighted by atomic mass is 9.96. The number of halogens is 1. The van der Waals surface area contributed by atoms with Crippen LogP contribution in [0.15, 0.2) is 48.5 Å². The fraction of sp³-hybridized carbons (Fsp3) is 0.462. The van der Waals surface area contributed by atoms with Crippen molar-refractivity contribution < 1.29 is 14.3 Å². The molecular formula is C26H34ClN3O3. The third-order valence-electron chi connectivity index (χ3n) is 6.26. The van der Waals surface area contributed by atoms with E-state index in [0.717, 1.165) is 50.9 Å². The molecule has 0 aliphatic carbocycles. The van der Waals surface area contributed by atoms with Gasteiger partial charge < -0.3 is 20.7 Å². The Hall–Kier alpha value is -2.41. The van der Waals surface area contributed by atoms with Crippen LogP contribution in [-0.2, 0) is 0 Å². The molecule has 1 aliphatic rings. The number of hydrogen-bond donors (Lipinski definition) is 2. The second-order valence-corrected chi connectivity index (χ2v) is 9.17. The Balaban J connectivity index is 1.32. The maximum atomic E-state index is 12.6. The standard InChI is InChI=1S/C26H34ClN3O3/c1-33-25-10-9-21(27)16-23(25)26(32)29-18-19-11-14-30(15-12-19)13-5-8-22(28)17-24(31)20-6-3-2-4-7-20/h2-4,6-7,9-10,16,19,22H,5,8,11-15,17-18,28H2,1H3,(H,29,32). The fourth-order valence-electron chi connectivity index (χ4n) is 4.26. The highest BCUT2D eigenvalue weighted by atomic mass is 35.5. The van der Waals surface area contributed by atoms with E-state index in [1.165, 1.54) is 0 Å². The molecule has 1 fully saturated rings. The number of ether oxygens (including phenoxy) is 1. The molecule has 1 atom stereocenters. The highest BCUT2D eigenvalue weighted by Crippen LogP contribution is 2.23. The van der Waals surface area contributed by atoms with Crippen molar-refractivity contribution in [2.24, 2.45) is 11.7 Å². The molecule has 3 rings (SSSR count). The Kier molecular flexibility index (Phi) is 9.73. The van der Waals surface area contributed by atoms with Crippen LogP contribution < -0.4 is 15.8 Å². The lowest BCUT2D eigenvalue weighted by Gasteiger charge is -2.32. The molecule has 6 nitrogen and oxygen atoms in total. The number of hydrogen-bond acceptors (Lipinski definition) is 5. The molecule has 0 bridgehead atoms. The minimum atomic E-state index is -0.157. The summed E-state index contributed by atoms with van der Waals surface area (Å²) in [7, 11) is 1.55.